The van der Waals surface area contributed by atoms with Crippen LogP contribution in [0.3, 0.4) is 0 Å². The van der Waals surface area contributed by atoms with Crippen molar-refractivity contribution in [3.63, 3.8) is 0 Å². The van der Waals surface area contributed by atoms with Crippen LogP contribution in [0.2, 0.25) is 0 Å². The number of nitrogens with one attached hydrogen (secondary N) is 1. The zero-order valence-electron chi connectivity index (χ0n) is 21.2. The van der Waals surface area contributed by atoms with Crippen molar-refractivity contribution in [3.05, 3.63) is 65.9 Å². The lowest BCUT2D eigenvalue weighted by atomic mass is 9.95. The van der Waals surface area contributed by atoms with Crippen molar-refractivity contribution in [1.29, 1.82) is 0 Å². The largest absolute Gasteiger partial charge is 0.492 e. The summed E-state index contributed by atoms with van der Waals surface area (Å²) in [5.41, 5.74) is 3.41. The topological polar surface area (TPSA) is 57.8 Å². The Kier molecular flexibility index (Phi) is 6.82. The van der Waals surface area contributed by atoms with Gasteiger partial charge in [0.2, 0.25) is 0 Å². The van der Waals surface area contributed by atoms with Gasteiger partial charge in [0.1, 0.15) is 23.8 Å². The molecule has 188 valence electrons. The van der Waals surface area contributed by atoms with Gasteiger partial charge in [0.25, 0.3) is 5.91 Å². The second-order valence-electron chi connectivity index (χ2n) is 9.87. The molecule has 0 spiro atoms. The van der Waals surface area contributed by atoms with E-state index in [1.54, 1.807) is 0 Å². The highest BCUT2D eigenvalue weighted by Crippen LogP contribution is 2.46. The number of amides is 1. The van der Waals surface area contributed by atoms with Gasteiger partial charge in [0, 0.05) is 47.2 Å². The molecule has 1 N–H and O–H groups in total. The van der Waals surface area contributed by atoms with E-state index in [1.807, 2.05) is 75.3 Å². The molecular formula is C29H32ClN3O3. The summed E-state index contributed by atoms with van der Waals surface area (Å²) in [6.07, 6.45) is 0.0173. The summed E-state index contributed by atoms with van der Waals surface area (Å²) < 4.78 is 12.0. The van der Waals surface area contributed by atoms with E-state index in [0.29, 0.717) is 24.7 Å². The highest BCUT2D eigenvalue weighted by molar-refractivity contribution is 6.19. The molecule has 0 fully saturated rings. The van der Waals surface area contributed by atoms with E-state index in [2.05, 4.69) is 22.0 Å². The van der Waals surface area contributed by atoms with E-state index in [1.165, 1.54) is 0 Å². The van der Waals surface area contributed by atoms with Crippen LogP contribution in [-0.2, 0) is 0 Å². The molecule has 6 nitrogen and oxygen atoms in total. The number of halogens is 1. The lowest BCUT2D eigenvalue weighted by molar-refractivity contribution is 0.0984. The lowest BCUT2D eigenvalue weighted by Crippen LogP contribution is -2.30. The number of aromatic amines is 1. The Labute approximate surface area is 216 Å². The maximum atomic E-state index is 13.8. The molecule has 1 aromatic heterocycles. The van der Waals surface area contributed by atoms with Gasteiger partial charge in [0.15, 0.2) is 0 Å². The molecule has 0 saturated carbocycles. The Morgan fingerprint density at radius 2 is 1.92 bits per heavy atom. The third kappa shape index (κ3) is 4.63. The number of likely N-dealkylation sites (N-methyl/N-ethyl adjacent to an activating group) is 1. The minimum atomic E-state index is -0.0825. The van der Waals surface area contributed by atoms with Gasteiger partial charge < -0.3 is 24.3 Å². The number of benzene rings is 3. The van der Waals surface area contributed by atoms with Gasteiger partial charge in [-0.05, 0) is 63.2 Å². The highest BCUT2D eigenvalue weighted by atomic mass is 35.5. The number of carbonyl (C=O) groups is 1. The first-order chi connectivity index (χ1) is 17.4. The SMILES string of the molecule is CC(C)Oc1cc2c(c3ccccc13)[C@H](CCl)CN2C(=O)c1cc2cc(OCCN(C)C)ccc2[nH]1. The third-order valence-electron chi connectivity index (χ3n) is 6.55. The fraction of sp³-hybridized carbons (Fsp3) is 0.345. The Morgan fingerprint density at radius 1 is 1.14 bits per heavy atom. The Balaban J connectivity index is 1.50. The zero-order chi connectivity index (χ0) is 25.4. The van der Waals surface area contributed by atoms with Crippen molar-refractivity contribution in [3.8, 4) is 11.5 Å². The molecule has 0 bridgehead atoms. The molecule has 0 aliphatic carbocycles. The summed E-state index contributed by atoms with van der Waals surface area (Å²) in [7, 11) is 4.03. The van der Waals surface area contributed by atoms with Crippen LogP contribution < -0.4 is 14.4 Å². The van der Waals surface area contributed by atoms with Gasteiger partial charge in [-0.3, -0.25) is 4.79 Å². The maximum Gasteiger partial charge on any atom is 0.274 e. The molecule has 1 aliphatic rings. The van der Waals surface area contributed by atoms with E-state index >= 15 is 0 Å². The average Bonchev–Trinajstić information content (AvgIpc) is 3.44. The predicted molar refractivity (Wildman–Crippen MR) is 147 cm³/mol. The first-order valence-electron chi connectivity index (χ1n) is 12.4. The number of fused-ring (bicyclic) bond motifs is 4. The number of rotatable bonds is 8. The minimum Gasteiger partial charge on any atom is -0.492 e. The molecule has 4 aromatic rings. The van der Waals surface area contributed by atoms with E-state index in [-0.39, 0.29) is 17.9 Å². The monoisotopic (exact) mass is 505 g/mol. The molecule has 1 atom stereocenters. The molecule has 2 heterocycles. The number of aromatic nitrogens is 1. The van der Waals surface area contributed by atoms with Crippen LogP contribution in [0.4, 0.5) is 5.69 Å². The first-order valence-corrected chi connectivity index (χ1v) is 12.9. The van der Waals surface area contributed by atoms with Gasteiger partial charge in [-0.1, -0.05) is 24.3 Å². The standard InChI is InChI=1S/C29H32ClN3O3/c1-18(2)36-27-15-26-28(23-8-6-5-7-22(23)27)20(16-30)17-33(26)29(34)25-14-19-13-21(9-10-24(19)31-25)35-12-11-32(3)4/h5-10,13-15,18,20,31H,11-12,16-17H2,1-4H3/t20-/m1/s1. The summed E-state index contributed by atoms with van der Waals surface area (Å²) in [5, 5.41) is 3.07. The fourth-order valence-corrected chi connectivity index (χ4v) is 5.14. The maximum absolute atomic E-state index is 13.8. The molecule has 0 radical (unpaired) electrons. The van der Waals surface area contributed by atoms with Gasteiger partial charge in [-0.2, -0.15) is 0 Å². The minimum absolute atomic E-state index is 0.0173. The van der Waals surface area contributed by atoms with Crippen molar-refractivity contribution in [2.75, 3.05) is 44.6 Å². The Morgan fingerprint density at radius 3 is 2.64 bits per heavy atom. The quantitative estimate of drug-likeness (QED) is 0.297. The normalized spacial score (nSPS) is 15.3. The van der Waals surface area contributed by atoms with Crippen LogP contribution in [0, 0.1) is 0 Å². The molecular weight excluding hydrogens is 474 g/mol. The van der Waals surface area contributed by atoms with E-state index in [0.717, 1.165) is 51.0 Å². The number of hydrogen-bond donors (Lipinski definition) is 1. The van der Waals surface area contributed by atoms with Crippen LogP contribution in [0.25, 0.3) is 21.7 Å². The Bertz CT molecular complexity index is 1410. The second kappa shape index (κ2) is 10.0. The van der Waals surface area contributed by atoms with Gasteiger partial charge in [-0.25, -0.2) is 0 Å². The second-order valence-corrected chi connectivity index (χ2v) is 10.2. The van der Waals surface area contributed by atoms with Crippen molar-refractivity contribution in [2.24, 2.45) is 0 Å². The lowest BCUT2D eigenvalue weighted by Gasteiger charge is -2.20. The summed E-state index contributed by atoms with van der Waals surface area (Å²) >= 11 is 6.42. The fourth-order valence-electron chi connectivity index (χ4n) is 4.89. The van der Waals surface area contributed by atoms with Crippen molar-refractivity contribution < 1.29 is 14.3 Å². The summed E-state index contributed by atoms with van der Waals surface area (Å²) in [5.74, 6) is 1.97. The number of carbonyl (C=O) groups excluding carboxylic acids is 1. The van der Waals surface area contributed by atoms with Crippen LogP contribution in [0.5, 0.6) is 11.5 Å². The smallest absolute Gasteiger partial charge is 0.274 e. The Hall–Kier alpha value is -3.22. The molecule has 1 amide bonds. The number of ether oxygens (including phenoxy) is 2. The van der Waals surface area contributed by atoms with Crippen LogP contribution in [-0.4, -0.2) is 61.6 Å². The predicted octanol–water partition coefficient (Wildman–Crippen LogP) is 6.03. The number of nitrogens with zero attached hydrogens (tertiary/aromatic N) is 2. The van der Waals surface area contributed by atoms with Crippen LogP contribution in [0.1, 0.15) is 35.8 Å². The molecule has 36 heavy (non-hydrogen) atoms. The average molecular weight is 506 g/mol. The molecule has 7 heteroatoms. The molecule has 0 saturated heterocycles. The molecule has 1 aliphatic heterocycles. The first kappa shape index (κ1) is 24.5. The van der Waals surface area contributed by atoms with Crippen molar-refractivity contribution in [1.82, 2.24) is 9.88 Å². The van der Waals surface area contributed by atoms with E-state index < -0.39 is 0 Å². The van der Waals surface area contributed by atoms with Gasteiger partial charge in [0.05, 0.1) is 11.8 Å². The number of hydrogen-bond acceptors (Lipinski definition) is 4. The van der Waals surface area contributed by atoms with Crippen molar-refractivity contribution >= 4 is 44.9 Å². The zero-order valence-corrected chi connectivity index (χ0v) is 21.9. The number of alkyl halides is 1. The molecule has 0 unspecified atom stereocenters. The number of anilines is 1. The van der Waals surface area contributed by atoms with E-state index in [9.17, 15) is 4.79 Å². The third-order valence-corrected chi connectivity index (χ3v) is 6.92. The molecule has 5 rings (SSSR count). The van der Waals surface area contributed by atoms with Crippen LogP contribution in [0.15, 0.2) is 54.6 Å². The highest BCUT2D eigenvalue weighted by Gasteiger charge is 2.35. The number of H-pyrrole nitrogens is 1. The summed E-state index contributed by atoms with van der Waals surface area (Å²) in [6, 6.07) is 18.0. The summed E-state index contributed by atoms with van der Waals surface area (Å²) in [4.78, 5) is 21.0. The van der Waals surface area contributed by atoms with Crippen LogP contribution >= 0.6 is 11.6 Å². The van der Waals surface area contributed by atoms with E-state index in [4.69, 9.17) is 21.1 Å². The van der Waals surface area contributed by atoms with Crippen molar-refractivity contribution in [2.45, 2.75) is 25.9 Å². The van der Waals surface area contributed by atoms with Gasteiger partial charge in [-0.15, -0.1) is 11.6 Å². The molecule has 3 aromatic carbocycles. The summed E-state index contributed by atoms with van der Waals surface area (Å²) in [6.45, 7) is 5.99. The van der Waals surface area contributed by atoms with Gasteiger partial charge >= 0.3 is 0 Å².